The molecule has 0 bridgehead atoms. The predicted molar refractivity (Wildman–Crippen MR) is 72.3 cm³/mol. The Hall–Kier alpha value is -0.520. The molecule has 0 spiro atoms. The molecule has 0 aromatic carbocycles. The normalized spacial score (nSPS) is 19.8. The molecule has 1 amide bonds. The highest BCUT2D eigenvalue weighted by molar-refractivity contribution is 7.99. The molecule has 1 saturated heterocycles. The molecule has 1 fully saturated rings. The standard InChI is InChI=1S/C12H17NO2S2/c14-7-10-3-1-5-13(10)12(15)9-16-8-11-4-2-6-17-11/h2,4,6,10,14H,1,3,5,7-9H2/t10-/m1/s1. The highest BCUT2D eigenvalue weighted by Gasteiger charge is 2.27. The molecule has 3 nitrogen and oxygen atoms in total. The number of carbonyl (C=O) groups excluding carboxylic acids is 1. The molecular formula is C12H17NO2S2. The fourth-order valence-corrected chi connectivity index (χ4v) is 3.82. The quantitative estimate of drug-likeness (QED) is 0.890. The van der Waals surface area contributed by atoms with Gasteiger partial charge in [0.05, 0.1) is 18.4 Å². The van der Waals surface area contributed by atoms with E-state index in [0.29, 0.717) is 5.75 Å². The smallest absolute Gasteiger partial charge is 0.232 e. The van der Waals surface area contributed by atoms with Gasteiger partial charge in [-0.05, 0) is 24.3 Å². The molecule has 1 aliphatic heterocycles. The third-order valence-corrected chi connectivity index (χ3v) is 4.98. The van der Waals surface area contributed by atoms with Gasteiger partial charge in [0.2, 0.25) is 5.91 Å². The lowest BCUT2D eigenvalue weighted by atomic mass is 10.2. The van der Waals surface area contributed by atoms with E-state index in [0.717, 1.165) is 25.1 Å². The van der Waals surface area contributed by atoms with Gasteiger partial charge in [-0.15, -0.1) is 23.1 Å². The molecule has 0 aliphatic carbocycles. The van der Waals surface area contributed by atoms with Crippen LogP contribution in [-0.2, 0) is 10.5 Å². The fourth-order valence-electron chi connectivity index (χ4n) is 2.07. The van der Waals surface area contributed by atoms with Gasteiger partial charge in [0.15, 0.2) is 0 Å². The van der Waals surface area contributed by atoms with Crippen molar-refractivity contribution in [2.45, 2.75) is 24.6 Å². The zero-order valence-corrected chi connectivity index (χ0v) is 11.3. The van der Waals surface area contributed by atoms with Gasteiger partial charge in [-0.1, -0.05) is 6.07 Å². The van der Waals surface area contributed by atoms with Crippen molar-refractivity contribution in [2.24, 2.45) is 0 Å². The molecule has 5 heteroatoms. The lowest BCUT2D eigenvalue weighted by molar-refractivity contribution is -0.129. The Kier molecular flexibility index (Phi) is 4.88. The van der Waals surface area contributed by atoms with E-state index in [1.165, 1.54) is 4.88 Å². The summed E-state index contributed by atoms with van der Waals surface area (Å²) in [7, 11) is 0. The van der Waals surface area contributed by atoms with Gasteiger partial charge in [0, 0.05) is 17.2 Å². The molecule has 2 heterocycles. The van der Waals surface area contributed by atoms with Crippen molar-refractivity contribution in [3.05, 3.63) is 22.4 Å². The first-order valence-electron chi connectivity index (χ1n) is 5.81. The van der Waals surface area contributed by atoms with Gasteiger partial charge < -0.3 is 10.0 Å². The van der Waals surface area contributed by atoms with Gasteiger partial charge in [-0.25, -0.2) is 0 Å². The number of nitrogens with zero attached hydrogens (tertiary/aromatic N) is 1. The third-order valence-electron chi connectivity index (χ3n) is 2.96. The molecular weight excluding hydrogens is 254 g/mol. The van der Waals surface area contributed by atoms with Gasteiger partial charge >= 0.3 is 0 Å². The minimum atomic E-state index is 0.0600. The van der Waals surface area contributed by atoms with Crippen LogP contribution in [0.1, 0.15) is 17.7 Å². The highest BCUT2D eigenvalue weighted by Crippen LogP contribution is 2.21. The van der Waals surface area contributed by atoms with Crippen molar-refractivity contribution < 1.29 is 9.90 Å². The molecule has 0 saturated carbocycles. The van der Waals surface area contributed by atoms with Crippen LogP contribution in [0, 0.1) is 0 Å². The Balaban J connectivity index is 1.73. The lowest BCUT2D eigenvalue weighted by Crippen LogP contribution is -2.38. The van der Waals surface area contributed by atoms with E-state index in [9.17, 15) is 4.79 Å². The third kappa shape index (κ3) is 3.47. The molecule has 0 radical (unpaired) electrons. The molecule has 1 atom stereocenters. The maximum atomic E-state index is 11.9. The van der Waals surface area contributed by atoms with Crippen LogP contribution in [0.3, 0.4) is 0 Å². The number of amides is 1. The number of hydrogen-bond donors (Lipinski definition) is 1. The van der Waals surface area contributed by atoms with Gasteiger partial charge in [-0.3, -0.25) is 4.79 Å². The number of thioether (sulfide) groups is 1. The minimum Gasteiger partial charge on any atom is -0.394 e. The van der Waals surface area contributed by atoms with Crippen molar-refractivity contribution in [2.75, 3.05) is 18.9 Å². The zero-order chi connectivity index (χ0) is 12.1. The minimum absolute atomic E-state index is 0.0600. The first-order chi connectivity index (χ1) is 8.31. The van der Waals surface area contributed by atoms with Crippen LogP contribution in [0.4, 0.5) is 0 Å². The van der Waals surface area contributed by atoms with Crippen LogP contribution in [0.2, 0.25) is 0 Å². The molecule has 0 unspecified atom stereocenters. The van der Waals surface area contributed by atoms with Gasteiger partial charge in [-0.2, -0.15) is 0 Å². The second kappa shape index (κ2) is 6.42. The summed E-state index contributed by atoms with van der Waals surface area (Å²) in [6, 6.07) is 4.18. The second-order valence-electron chi connectivity index (χ2n) is 4.14. The van der Waals surface area contributed by atoms with E-state index < -0.39 is 0 Å². The fraction of sp³-hybridized carbons (Fsp3) is 0.583. The molecule has 1 aliphatic rings. The summed E-state index contributed by atoms with van der Waals surface area (Å²) < 4.78 is 0. The van der Waals surface area contributed by atoms with Crippen LogP contribution >= 0.6 is 23.1 Å². The molecule has 2 rings (SSSR count). The topological polar surface area (TPSA) is 40.5 Å². The van der Waals surface area contributed by atoms with Crippen LogP contribution in [0.5, 0.6) is 0 Å². The number of thiophene rings is 1. The Morgan fingerprint density at radius 1 is 1.65 bits per heavy atom. The first-order valence-corrected chi connectivity index (χ1v) is 7.85. The Bertz CT molecular complexity index is 353. The van der Waals surface area contributed by atoms with Gasteiger partial charge in [0.25, 0.3) is 0 Å². The number of rotatable bonds is 5. The SMILES string of the molecule is O=C(CSCc1cccs1)N1CCC[C@@H]1CO. The highest BCUT2D eigenvalue weighted by atomic mass is 32.2. The van der Waals surface area contributed by atoms with Crippen LogP contribution in [0.25, 0.3) is 0 Å². The van der Waals surface area contributed by atoms with E-state index in [-0.39, 0.29) is 18.6 Å². The Morgan fingerprint density at radius 2 is 2.53 bits per heavy atom. The molecule has 1 N–H and O–H groups in total. The number of aliphatic hydroxyl groups excluding tert-OH is 1. The van der Waals surface area contributed by atoms with Crippen molar-refractivity contribution in [3.8, 4) is 0 Å². The summed E-state index contributed by atoms with van der Waals surface area (Å²) in [5.41, 5.74) is 0. The molecule has 94 valence electrons. The maximum Gasteiger partial charge on any atom is 0.232 e. The monoisotopic (exact) mass is 271 g/mol. The average molecular weight is 271 g/mol. The van der Waals surface area contributed by atoms with Crippen molar-refractivity contribution in [3.63, 3.8) is 0 Å². The van der Waals surface area contributed by atoms with Crippen LogP contribution < -0.4 is 0 Å². The summed E-state index contributed by atoms with van der Waals surface area (Å²) in [6.45, 7) is 0.908. The van der Waals surface area contributed by atoms with Crippen LogP contribution in [0.15, 0.2) is 17.5 Å². The second-order valence-corrected chi connectivity index (χ2v) is 6.16. The maximum absolute atomic E-state index is 11.9. The largest absolute Gasteiger partial charge is 0.394 e. The summed E-state index contributed by atoms with van der Waals surface area (Å²) in [4.78, 5) is 15.1. The number of carbonyl (C=O) groups is 1. The Morgan fingerprint density at radius 3 is 3.24 bits per heavy atom. The predicted octanol–water partition coefficient (Wildman–Crippen LogP) is 1.96. The van der Waals surface area contributed by atoms with E-state index in [1.54, 1.807) is 23.1 Å². The number of likely N-dealkylation sites (tertiary alicyclic amines) is 1. The lowest BCUT2D eigenvalue weighted by Gasteiger charge is -2.22. The van der Waals surface area contributed by atoms with Crippen molar-refractivity contribution >= 4 is 29.0 Å². The summed E-state index contributed by atoms with van der Waals surface area (Å²) in [5, 5.41) is 11.2. The van der Waals surface area contributed by atoms with Crippen molar-refractivity contribution in [1.82, 2.24) is 4.90 Å². The Labute approximate surface area is 110 Å². The van der Waals surface area contributed by atoms with Crippen LogP contribution in [-0.4, -0.2) is 40.9 Å². The summed E-state index contributed by atoms with van der Waals surface area (Å²) in [5.74, 6) is 1.60. The van der Waals surface area contributed by atoms with E-state index in [4.69, 9.17) is 5.11 Å². The van der Waals surface area contributed by atoms with E-state index in [2.05, 4.69) is 11.4 Å². The number of hydrogen-bond acceptors (Lipinski definition) is 4. The number of aliphatic hydroxyl groups is 1. The summed E-state index contributed by atoms with van der Waals surface area (Å²) >= 11 is 3.38. The molecule has 17 heavy (non-hydrogen) atoms. The van der Waals surface area contributed by atoms with Crippen molar-refractivity contribution in [1.29, 1.82) is 0 Å². The average Bonchev–Trinajstić information content (AvgIpc) is 2.99. The zero-order valence-electron chi connectivity index (χ0n) is 9.67. The summed E-state index contributed by atoms with van der Waals surface area (Å²) in [6.07, 6.45) is 1.96. The molecule has 1 aromatic rings. The molecule has 1 aromatic heterocycles. The van der Waals surface area contributed by atoms with E-state index >= 15 is 0 Å². The first kappa shape index (κ1) is 12.9. The van der Waals surface area contributed by atoms with Gasteiger partial charge in [0.1, 0.15) is 0 Å². The van der Waals surface area contributed by atoms with E-state index in [1.807, 2.05) is 11.0 Å².